The van der Waals surface area contributed by atoms with Crippen LogP contribution < -0.4 is 10.6 Å². The molecule has 2 N–H and O–H groups in total. The molecule has 162 valence electrons. The molecule has 0 bridgehead atoms. The molecule has 1 atom stereocenters. The Balaban J connectivity index is 1.28. The number of ether oxygens (including phenoxy) is 1. The summed E-state index contributed by atoms with van der Waals surface area (Å²) in [5.74, 6) is 0.152. The number of nitrogens with zero attached hydrogens (tertiary/aromatic N) is 4. The molecular formula is C24H23FN6O. The Morgan fingerprint density at radius 3 is 2.81 bits per heavy atom. The zero-order valence-corrected chi connectivity index (χ0v) is 17.7. The van der Waals surface area contributed by atoms with Gasteiger partial charge in [-0.15, -0.1) is 0 Å². The lowest BCUT2D eigenvalue weighted by molar-refractivity contribution is 0.232. The van der Waals surface area contributed by atoms with Crippen LogP contribution in [0.15, 0.2) is 61.1 Å². The summed E-state index contributed by atoms with van der Waals surface area (Å²) < 4.78 is 22.6. The predicted octanol–water partition coefficient (Wildman–Crippen LogP) is 4.07. The summed E-state index contributed by atoms with van der Waals surface area (Å²) >= 11 is 0. The second kappa shape index (κ2) is 7.08. The fourth-order valence-electron chi connectivity index (χ4n) is 4.72. The molecule has 0 amide bonds. The van der Waals surface area contributed by atoms with E-state index in [1.165, 1.54) is 6.07 Å². The maximum Gasteiger partial charge on any atom is 0.148 e. The number of hydrogen-bond donors (Lipinski definition) is 2. The quantitative estimate of drug-likeness (QED) is 0.475. The average Bonchev–Trinajstić information content (AvgIpc) is 3.16. The van der Waals surface area contributed by atoms with Gasteiger partial charge >= 0.3 is 0 Å². The first-order valence-corrected chi connectivity index (χ1v) is 10.8. The maximum atomic E-state index is 14.7. The standard InChI is InChI=1S/C24H23FN6O/c1-23(24(32-23)7-10-26-11-8-24)21-6-3-16-15-27-22(14-20(16)29-21)30-19-5-4-17(13-18(19)25)31-12-2-9-28-31/h2-6,9,12-15,26H,7-8,10-11H2,1H3,(H,27,30). The summed E-state index contributed by atoms with van der Waals surface area (Å²) in [6.07, 6.45) is 7.15. The topological polar surface area (TPSA) is 80.2 Å². The number of piperidine rings is 1. The van der Waals surface area contributed by atoms with Crippen molar-refractivity contribution >= 4 is 22.4 Å². The Bertz CT molecular complexity index is 1300. The van der Waals surface area contributed by atoms with Crippen LogP contribution in [0.4, 0.5) is 15.9 Å². The first-order chi connectivity index (χ1) is 15.6. The van der Waals surface area contributed by atoms with Crippen molar-refractivity contribution in [2.45, 2.75) is 31.0 Å². The minimum atomic E-state index is -0.381. The molecule has 1 spiro atoms. The van der Waals surface area contributed by atoms with E-state index in [1.807, 2.05) is 18.2 Å². The number of rotatable bonds is 4. The van der Waals surface area contributed by atoms with Crippen LogP contribution in [-0.4, -0.2) is 38.4 Å². The van der Waals surface area contributed by atoms with Crippen molar-refractivity contribution in [3.63, 3.8) is 0 Å². The number of halogens is 1. The number of fused-ring (bicyclic) bond motifs is 1. The van der Waals surface area contributed by atoms with Gasteiger partial charge in [-0.1, -0.05) is 0 Å². The van der Waals surface area contributed by atoms with E-state index in [9.17, 15) is 4.39 Å². The summed E-state index contributed by atoms with van der Waals surface area (Å²) in [6.45, 7) is 4.06. The van der Waals surface area contributed by atoms with Gasteiger partial charge in [0.1, 0.15) is 22.8 Å². The van der Waals surface area contributed by atoms with Crippen molar-refractivity contribution in [3.8, 4) is 5.69 Å². The van der Waals surface area contributed by atoms with Crippen LogP contribution in [0.1, 0.15) is 25.5 Å². The zero-order valence-electron chi connectivity index (χ0n) is 17.7. The first-order valence-electron chi connectivity index (χ1n) is 10.8. The van der Waals surface area contributed by atoms with Crippen LogP contribution >= 0.6 is 0 Å². The van der Waals surface area contributed by atoms with E-state index < -0.39 is 0 Å². The molecule has 0 saturated carbocycles. The minimum absolute atomic E-state index is 0.119. The summed E-state index contributed by atoms with van der Waals surface area (Å²) in [4.78, 5) is 9.33. The molecule has 32 heavy (non-hydrogen) atoms. The third kappa shape index (κ3) is 3.06. The van der Waals surface area contributed by atoms with Crippen molar-refractivity contribution in [3.05, 3.63) is 72.6 Å². The molecule has 8 heteroatoms. The maximum absolute atomic E-state index is 14.7. The highest BCUT2D eigenvalue weighted by molar-refractivity contribution is 5.81. The highest BCUT2D eigenvalue weighted by atomic mass is 19.1. The van der Waals surface area contributed by atoms with E-state index in [2.05, 4.69) is 27.6 Å². The van der Waals surface area contributed by atoms with Crippen LogP contribution in [0.2, 0.25) is 0 Å². The Labute approximate surface area is 184 Å². The normalized spacial score (nSPS) is 21.7. The number of benzene rings is 1. The van der Waals surface area contributed by atoms with Gasteiger partial charge in [0, 0.05) is 36.1 Å². The smallest absolute Gasteiger partial charge is 0.148 e. The van der Waals surface area contributed by atoms with Gasteiger partial charge in [-0.2, -0.15) is 5.10 Å². The Hall–Kier alpha value is -3.36. The number of anilines is 2. The third-order valence-electron chi connectivity index (χ3n) is 6.69. The number of nitrogens with one attached hydrogen (secondary N) is 2. The molecule has 3 aromatic heterocycles. The number of epoxide rings is 1. The number of aromatic nitrogens is 4. The van der Waals surface area contributed by atoms with E-state index >= 15 is 0 Å². The van der Waals surface area contributed by atoms with Gasteiger partial charge in [0.25, 0.3) is 0 Å². The second-order valence-electron chi connectivity index (χ2n) is 8.58. The van der Waals surface area contributed by atoms with Crippen LogP contribution in [0.25, 0.3) is 16.6 Å². The predicted molar refractivity (Wildman–Crippen MR) is 120 cm³/mol. The van der Waals surface area contributed by atoms with E-state index in [4.69, 9.17) is 9.72 Å². The average molecular weight is 430 g/mol. The Morgan fingerprint density at radius 2 is 2.03 bits per heavy atom. The summed E-state index contributed by atoms with van der Waals surface area (Å²) in [7, 11) is 0. The second-order valence-corrected chi connectivity index (χ2v) is 8.58. The van der Waals surface area contributed by atoms with E-state index in [0.29, 0.717) is 17.2 Å². The number of hydrogen-bond acceptors (Lipinski definition) is 6. The largest absolute Gasteiger partial charge is 0.356 e. The van der Waals surface area contributed by atoms with Crippen molar-refractivity contribution in [2.75, 3.05) is 18.4 Å². The molecule has 1 aromatic carbocycles. The van der Waals surface area contributed by atoms with Crippen LogP contribution in [-0.2, 0) is 10.3 Å². The van der Waals surface area contributed by atoms with Crippen LogP contribution in [0, 0.1) is 5.82 Å². The lowest BCUT2D eigenvalue weighted by Crippen LogP contribution is -2.37. The molecule has 6 rings (SSSR count). The first kappa shape index (κ1) is 19.3. The molecule has 2 aliphatic rings. The Kier molecular flexibility index (Phi) is 4.28. The van der Waals surface area contributed by atoms with Gasteiger partial charge in [0.2, 0.25) is 0 Å². The monoisotopic (exact) mass is 430 g/mol. The van der Waals surface area contributed by atoms with Gasteiger partial charge in [0.15, 0.2) is 0 Å². The number of pyridine rings is 2. The van der Waals surface area contributed by atoms with Gasteiger partial charge in [0.05, 0.1) is 22.6 Å². The summed E-state index contributed by atoms with van der Waals surface area (Å²) in [5, 5.41) is 11.5. The van der Waals surface area contributed by atoms with Gasteiger partial charge < -0.3 is 15.4 Å². The molecule has 2 saturated heterocycles. The molecular weight excluding hydrogens is 407 g/mol. The van der Waals surface area contributed by atoms with Crippen molar-refractivity contribution < 1.29 is 9.13 Å². The van der Waals surface area contributed by atoms with E-state index in [-0.39, 0.29) is 17.0 Å². The third-order valence-corrected chi connectivity index (χ3v) is 6.69. The van der Waals surface area contributed by atoms with E-state index in [0.717, 1.165) is 42.5 Å². The van der Waals surface area contributed by atoms with Gasteiger partial charge in [-0.3, -0.25) is 0 Å². The fourth-order valence-corrected chi connectivity index (χ4v) is 4.72. The SMILES string of the molecule is CC1(c2ccc3cnc(Nc4ccc(-n5cccn5)cc4F)cc3n2)OC12CCNCC2. The zero-order chi connectivity index (χ0) is 21.8. The molecule has 7 nitrogen and oxygen atoms in total. The Morgan fingerprint density at radius 1 is 1.16 bits per heavy atom. The summed E-state index contributed by atoms with van der Waals surface area (Å²) in [6, 6.07) is 12.6. The van der Waals surface area contributed by atoms with Crippen molar-refractivity contribution in [1.82, 2.24) is 25.1 Å². The minimum Gasteiger partial charge on any atom is -0.356 e. The highest BCUT2D eigenvalue weighted by Gasteiger charge is 2.68. The van der Waals surface area contributed by atoms with Gasteiger partial charge in [-0.25, -0.2) is 19.0 Å². The highest BCUT2D eigenvalue weighted by Crippen LogP contribution is 2.59. The molecule has 0 aliphatic carbocycles. The van der Waals surface area contributed by atoms with Crippen molar-refractivity contribution in [1.29, 1.82) is 0 Å². The van der Waals surface area contributed by atoms with Crippen molar-refractivity contribution in [2.24, 2.45) is 0 Å². The van der Waals surface area contributed by atoms with Crippen LogP contribution in [0.3, 0.4) is 0 Å². The lowest BCUT2D eigenvalue weighted by Gasteiger charge is -2.22. The molecule has 0 radical (unpaired) electrons. The molecule has 4 aromatic rings. The van der Waals surface area contributed by atoms with Gasteiger partial charge in [-0.05, 0) is 63.2 Å². The lowest BCUT2D eigenvalue weighted by atomic mass is 9.84. The fraction of sp³-hybridized carbons (Fsp3) is 0.292. The molecule has 5 heterocycles. The molecule has 2 fully saturated rings. The van der Waals surface area contributed by atoms with Crippen LogP contribution in [0.5, 0.6) is 0 Å². The molecule has 2 aliphatic heterocycles. The van der Waals surface area contributed by atoms with E-state index in [1.54, 1.807) is 41.5 Å². The summed E-state index contributed by atoms with van der Waals surface area (Å²) in [5.41, 5.74) is 2.24. The molecule has 1 unspecified atom stereocenters.